The number of phenolic OH excluding ortho intramolecular Hbond substituents is 1. The van der Waals surface area contributed by atoms with Gasteiger partial charge in [0.15, 0.2) is 0 Å². The Labute approximate surface area is 171 Å². The third-order valence-electron chi connectivity index (χ3n) is 7.18. The highest BCUT2D eigenvalue weighted by Gasteiger charge is 2.30. The van der Waals surface area contributed by atoms with Crippen LogP contribution in [0.5, 0.6) is 5.75 Å². The Morgan fingerprint density at radius 2 is 1.25 bits per heavy atom. The zero-order valence-corrected chi connectivity index (χ0v) is 18.2. The van der Waals surface area contributed by atoms with Crippen LogP contribution in [-0.2, 0) is 22.7 Å². The van der Waals surface area contributed by atoms with Gasteiger partial charge in [0.25, 0.3) is 0 Å². The number of benzene rings is 1. The van der Waals surface area contributed by atoms with Gasteiger partial charge in [-0.25, -0.2) is 0 Å². The minimum Gasteiger partial charge on any atom is -0.507 e. The molecule has 0 aromatic heterocycles. The fourth-order valence-electron chi connectivity index (χ4n) is 5.35. The van der Waals surface area contributed by atoms with Crippen LogP contribution >= 0.6 is 0 Å². The van der Waals surface area contributed by atoms with Gasteiger partial charge in [-0.05, 0) is 93.7 Å². The normalized spacial score (nSPS) is 28.4. The zero-order valence-electron chi connectivity index (χ0n) is 18.2. The molecule has 2 aliphatic carbocycles. The second-order valence-corrected chi connectivity index (χ2v) is 9.09. The molecule has 3 nitrogen and oxygen atoms in total. The fourth-order valence-corrected chi connectivity index (χ4v) is 5.35. The van der Waals surface area contributed by atoms with Crippen molar-refractivity contribution in [3.05, 3.63) is 28.8 Å². The van der Waals surface area contributed by atoms with Gasteiger partial charge >= 0.3 is 0 Å². The Bertz CT molecular complexity index is 567. The summed E-state index contributed by atoms with van der Waals surface area (Å²) in [5, 5.41) is 10.6. The summed E-state index contributed by atoms with van der Waals surface area (Å²) >= 11 is 0. The van der Waals surface area contributed by atoms with Crippen molar-refractivity contribution in [2.75, 3.05) is 13.2 Å². The molecule has 3 heteroatoms. The van der Waals surface area contributed by atoms with Gasteiger partial charge in [-0.1, -0.05) is 19.8 Å². The molecule has 0 saturated heterocycles. The number of aromatic hydroxyl groups is 1. The first kappa shape index (κ1) is 21.6. The lowest BCUT2D eigenvalue weighted by molar-refractivity contribution is 0.126. The standard InChI is InChI=1S/C25H40O3/c1-4-27-16-23-14-22(15-24(25(23)26)17-28-5-2)21-12-10-20(11-13-21)19-8-6-18(3)7-9-19/h14-15,18-21,26H,4-13,16-17H2,1-3H3. The van der Waals surface area contributed by atoms with Gasteiger partial charge in [0.1, 0.15) is 5.75 Å². The van der Waals surface area contributed by atoms with Crippen LogP contribution in [0, 0.1) is 17.8 Å². The molecule has 0 unspecified atom stereocenters. The van der Waals surface area contributed by atoms with Gasteiger partial charge in [0.2, 0.25) is 0 Å². The fraction of sp³-hybridized carbons (Fsp3) is 0.760. The predicted molar refractivity (Wildman–Crippen MR) is 115 cm³/mol. The van der Waals surface area contributed by atoms with Crippen LogP contribution in [0.2, 0.25) is 0 Å². The van der Waals surface area contributed by atoms with E-state index >= 15 is 0 Å². The molecule has 1 N–H and O–H groups in total. The maximum absolute atomic E-state index is 10.6. The number of hydrogen-bond donors (Lipinski definition) is 1. The molecule has 0 spiro atoms. The van der Waals surface area contributed by atoms with Gasteiger partial charge in [-0.15, -0.1) is 0 Å². The first-order valence-electron chi connectivity index (χ1n) is 11.6. The summed E-state index contributed by atoms with van der Waals surface area (Å²) in [6, 6.07) is 4.38. The number of rotatable bonds is 8. The van der Waals surface area contributed by atoms with Crippen LogP contribution in [-0.4, -0.2) is 18.3 Å². The molecule has 0 atom stereocenters. The predicted octanol–water partition coefficient (Wildman–Crippen LogP) is 6.57. The van der Waals surface area contributed by atoms with Crippen LogP contribution in [0.25, 0.3) is 0 Å². The maximum atomic E-state index is 10.6. The van der Waals surface area contributed by atoms with Crippen LogP contribution in [0.3, 0.4) is 0 Å². The second kappa shape index (κ2) is 10.6. The lowest BCUT2D eigenvalue weighted by Crippen LogP contribution is -2.24. The van der Waals surface area contributed by atoms with E-state index in [-0.39, 0.29) is 0 Å². The molecule has 0 radical (unpaired) electrons. The van der Waals surface area contributed by atoms with Crippen molar-refractivity contribution in [3.63, 3.8) is 0 Å². The first-order valence-corrected chi connectivity index (χ1v) is 11.6. The highest BCUT2D eigenvalue weighted by Crippen LogP contribution is 2.44. The smallest absolute Gasteiger partial charge is 0.126 e. The van der Waals surface area contributed by atoms with E-state index in [1.54, 1.807) is 0 Å². The van der Waals surface area contributed by atoms with Gasteiger partial charge in [-0.2, -0.15) is 0 Å². The van der Waals surface area contributed by atoms with E-state index < -0.39 is 0 Å². The molecule has 2 aliphatic rings. The summed E-state index contributed by atoms with van der Waals surface area (Å²) in [4.78, 5) is 0. The first-order chi connectivity index (χ1) is 13.6. The minimum absolute atomic E-state index is 0.357. The summed E-state index contributed by atoms with van der Waals surface area (Å²) in [5.74, 6) is 3.82. The van der Waals surface area contributed by atoms with E-state index in [2.05, 4.69) is 19.1 Å². The van der Waals surface area contributed by atoms with Gasteiger partial charge in [-0.3, -0.25) is 0 Å². The van der Waals surface area contributed by atoms with E-state index in [1.165, 1.54) is 56.9 Å². The largest absolute Gasteiger partial charge is 0.507 e. The van der Waals surface area contributed by atoms with E-state index in [0.717, 1.165) is 28.9 Å². The van der Waals surface area contributed by atoms with Crippen molar-refractivity contribution in [2.45, 2.75) is 91.3 Å². The average Bonchev–Trinajstić information content (AvgIpc) is 2.73. The van der Waals surface area contributed by atoms with Gasteiger partial charge in [0.05, 0.1) is 13.2 Å². The molecule has 158 valence electrons. The zero-order chi connectivity index (χ0) is 19.9. The van der Waals surface area contributed by atoms with Gasteiger partial charge < -0.3 is 14.6 Å². The molecule has 0 aliphatic heterocycles. The van der Waals surface area contributed by atoms with E-state index in [1.807, 2.05) is 13.8 Å². The number of hydrogen-bond acceptors (Lipinski definition) is 3. The molecule has 2 fully saturated rings. The number of ether oxygens (including phenoxy) is 2. The minimum atomic E-state index is 0.357. The Kier molecular flexibility index (Phi) is 8.23. The average molecular weight is 389 g/mol. The number of phenols is 1. The summed E-state index contributed by atoms with van der Waals surface area (Å²) in [6.45, 7) is 8.68. The Morgan fingerprint density at radius 1 is 0.786 bits per heavy atom. The Balaban J connectivity index is 1.67. The Morgan fingerprint density at radius 3 is 1.71 bits per heavy atom. The summed E-state index contributed by atoms with van der Waals surface area (Å²) < 4.78 is 11.2. The van der Waals surface area contributed by atoms with Gasteiger partial charge in [0, 0.05) is 24.3 Å². The lowest BCUT2D eigenvalue weighted by Gasteiger charge is -2.37. The topological polar surface area (TPSA) is 38.7 Å². The summed E-state index contributed by atoms with van der Waals surface area (Å²) in [5.41, 5.74) is 3.20. The molecular weight excluding hydrogens is 348 g/mol. The van der Waals surface area contributed by atoms with Crippen LogP contribution in [0.1, 0.15) is 94.7 Å². The molecule has 2 saturated carbocycles. The van der Waals surface area contributed by atoms with Crippen molar-refractivity contribution in [3.8, 4) is 5.75 Å². The highest BCUT2D eigenvalue weighted by molar-refractivity contribution is 5.44. The SMILES string of the molecule is CCOCc1cc(C2CCC(C3CCC(C)CC3)CC2)cc(COCC)c1O. The van der Waals surface area contributed by atoms with Crippen LogP contribution < -0.4 is 0 Å². The van der Waals surface area contributed by atoms with Crippen molar-refractivity contribution in [1.82, 2.24) is 0 Å². The van der Waals surface area contributed by atoms with E-state index in [0.29, 0.717) is 38.1 Å². The quantitative estimate of drug-likeness (QED) is 0.547. The highest BCUT2D eigenvalue weighted by atomic mass is 16.5. The molecule has 1 aromatic carbocycles. The monoisotopic (exact) mass is 388 g/mol. The second-order valence-electron chi connectivity index (χ2n) is 9.09. The third-order valence-corrected chi connectivity index (χ3v) is 7.18. The van der Waals surface area contributed by atoms with Crippen molar-refractivity contribution >= 4 is 0 Å². The summed E-state index contributed by atoms with van der Waals surface area (Å²) in [6.07, 6.45) is 11.1. The molecule has 3 rings (SSSR count). The van der Waals surface area contributed by atoms with E-state index in [9.17, 15) is 5.11 Å². The molecular formula is C25H40O3. The molecule has 0 amide bonds. The lowest BCUT2D eigenvalue weighted by atomic mass is 9.68. The van der Waals surface area contributed by atoms with Crippen molar-refractivity contribution in [1.29, 1.82) is 0 Å². The molecule has 28 heavy (non-hydrogen) atoms. The Hall–Kier alpha value is -1.06. The molecule has 0 bridgehead atoms. The van der Waals surface area contributed by atoms with E-state index in [4.69, 9.17) is 9.47 Å². The van der Waals surface area contributed by atoms with Crippen molar-refractivity contribution < 1.29 is 14.6 Å². The molecule has 0 heterocycles. The molecule has 1 aromatic rings. The maximum Gasteiger partial charge on any atom is 0.126 e. The van der Waals surface area contributed by atoms with Crippen LogP contribution in [0.15, 0.2) is 12.1 Å². The van der Waals surface area contributed by atoms with Crippen LogP contribution in [0.4, 0.5) is 0 Å². The summed E-state index contributed by atoms with van der Waals surface area (Å²) in [7, 11) is 0. The third kappa shape index (κ3) is 5.51. The van der Waals surface area contributed by atoms with Crippen molar-refractivity contribution in [2.24, 2.45) is 17.8 Å².